The topological polar surface area (TPSA) is 29.1 Å². The molecule has 0 fully saturated rings. The smallest absolute Gasteiger partial charge is 0.187 e. The molecule has 0 bridgehead atoms. The summed E-state index contributed by atoms with van der Waals surface area (Å²) in [6.07, 6.45) is 2.84. The van der Waals surface area contributed by atoms with Crippen molar-refractivity contribution in [2.75, 3.05) is 5.32 Å². The average Bonchev–Trinajstić information content (AvgIpc) is 2.44. The second-order valence-electron chi connectivity index (χ2n) is 4.77. The monoisotopic (exact) mass is 347 g/mol. The van der Waals surface area contributed by atoms with Gasteiger partial charge in [0, 0.05) is 22.3 Å². The highest BCUT2D eigenvalue weighted by atomic mass is 79.9. The molecule has 1 N–H and O–H groups in total. The first kappa shape index (κ1) is 15.4. The van der Waals surface area contributed by atoms with Gasteiger partial charge in [0.1, 0.15) is 5.82 Å². The molecule has 0 atom stereocenters. The Labute approximate surface area is 131 Å². The zero-order chi connectivity index (χ0) is 15.4. The molecule has 0 radical (unpaired) electrons. The number of carbonyl (C=O) groups is 1. The van der Waals surface area contributed by atoms with Crippen molar-refractivity contribution in [1.82, 2.24) is 0 Å². The van der Waals surface area contributed by atoms with Crippen LogP contribution in [0.15, 0.2) is 53.1 Å². The standard InChI is InChI=1S/C17H15BrFNO/c1-11-3-4-13(9-12(11)2)17(21)7-8-20-16-6-5-14(18)10-15(16)19/h3-10,20H,1-2H3. The summed E-state index contributed by atoms with van der Waals surface area (Å²) in [5.41, 5.74) is 3.15. The molecule has 2 nitrogen and oxygen atoms in total. The Bertz CT molecular complexity index is 710. The zero-order valence-electron chi connectivity index (χ0n) is 11.8. The second-order valence-corrected chi connectivity index (χ2v) is 5.68. The summed E-state index contributed by atoms with van der Waals surface area (Å²) in [4.78, 5) is 12.0. The summed E-state index contributed by atoms with van der Waals surface area (Å²) in [7, 11) is 0. The summed E-state index contributed by atoms with van der Waals surface area (Å²) in [6.45, 7) is 3.96. The Balaban J connectivity index is 2.06. The number of aryl methyl sites for hydroxylation is 2. The third-order valence-electron chi connectivity index (χ3n) is 3.20. The Hall–Kier alpha value is -1.94. The second kappa shape index (κ2) is 6.68. The number of hydrogen-bond acceptors (Lipinski definition) is 2. The van der Waals surface area contributed by atoms with E-state index in [2.05, 4.69) is 21.2 Å². The average molecular weight is 348 g/mol. The van der Waals surface area contributed by atoms with Gasteiger partial charge in [-0.15, -0.1) is 0 Å². The first-order chi connectivity index (χ1) is 9.97. The van der Waals surface area contributed by atoms with E-state index in [0.29, 0.717) is 15.7 Å². The normalized spacial score (nSPS) is 10.9. The maximum atomic E-state index is 13.6. The predicted octanol–water partition coefficient (Wildman–Crippen LogP) is 5.01. The van der Waals surface area contributed by atoms with Gasteiger partial charge in [-0.3, -0.25) is 4.79 Å². The highest BCUT2D eigenvalue weighted by Gasteiger charge is 2.04. The van der Waals surface area contributed by atoms with Gasteiger partial charge in [0.2, 0.25) is 0 Å². The number of ketones is 1. The van der Waals surface area contributed by atoms with Crippen LogP contribution in [0.3, 0.4) is 0 Å². The molecule has 0 spiro atoms. The number of anilines is 1. The van der Waals surface area contributed by atoms with Crippen LogP contribution in [0.5, 0.6) is 0 Å². The number of rotatable bonds is 4. The van der Waals surface area contributed by atoms with E-state index in [1.165, 1.54) is 18.3 Å². The Morgan fingerprint density at radius 2 is 1.90 bits per heavy atom. The third-order valence-corrected chi connectivity index (χ3v) is 3.69. The predicted molar refractivity (Wildman–Crippen MR) is 87.1 cm³/mol. The minimum atomic E-state index is -0.382. The molecular formula is C17H15BrFNO. The van der Waals surface area contributed by atoms with E-state index < -0.39 is 0 Å². The van der Waals surface area contributed by atoms with Crippen LogP contribution in [-0.4, -0.2) is 5.78 Å². The maximum absolute atomic E-state index is 13.6. The van der Waals surface area contributed by atoms with E-state index in [1.54, 1.807) is 18.2 Å². The quantitative estimate of drug-likeness (QED) is 0.621. The van der Waals surface area contributed by atoms with Crippen molar-refractivity contribution < 1.29 is 9.18 Å². The van der Waals surface area contributed by atoms with E-state index >= 15 is 0 Å². The molecule has 2 aromatic rings. The van der Waals surface area contributed by atoms with Gasteiger partial charge < -0.3 is 5.32 Å². The number of hydrogen-bond donors (Lipinski definition) is 1. The molecule has 2 rings (SSSR count). The highest BCUT2D eigenvalue weighted by Crippen LogP contribution is 2.19. The summed E-state index contributed by atoms with van der Waals surface area (Å²) in [5, 5.41) is 2.77. The molecule has 21 heavy (non-hydrogen) atoms. The largest absolute Gasteiger partial charge is 0.359 e. The van der Waals surface area contributed by atoms with Crippen molar-refractivity contribution in [1.29, 1.82) is 0 Å². The van der Waals surface area contributed by atoms with Crippen LogP contribution in [0, 0.1) is 19.7 Å². The van der Waals surface area contributed by atoms with Crippen LogP contribution >= 0.6 is 15.9 Å². The number of halogens is 2. The van der Waals surface area contributed by atoms with Crippen molar-refractivity contribution in [2.45, 2.75) is 13.8 Å². The Morgan fingerprint density at radius 3 is 2.57 bits per heavy atom. The SMILES string of the molecule is Cc1ccc(C(=O)C=CNc2ccc(Br)cc2F)cc1C. The molecule has 0 amide bonds. The molecule has 0 unspecified atom stereocenters. The van der Waals surface area contributed by atoms with Gasteiger partial charge >= 0.3 is 0 Å². The van der Waals surface area contributed by atoms with Crippen molar-refractivity contribution in [3.8, 4) is 0 Å². The number of benzene rings is 2. The van der Waals surface area contributed by atoms with E-state index in [4.69, 9.17) is 0 Å². The fourth-order valence-corrected chi connectivity index (χ4v) is 2.14. The molecular weight excluding hydrogens is 333 g/mol. The lowest BCUT2D eigenvalue weighted by Gasteiger charge is -2.04. The lowest BCUT2D eigenvalue weighted by molar-refractivity contribution is 0.104. The molecule has 2 aromatic carbocycles. The molecule has 108 valence electrons. The van der Waals surface area contributed by atoms with Gasteiger partial charge in [0.25, 0.3) is 0 Å². The van der Waals surface area contributed by atoms with E-state index in [1.807, 2.05) is 26.0 Å². The Morgan fingerprint density at radius 1 is 1.14 bits per heavy atom. The zero-order valence-corrected chi connectivity index (χ0v) is 13.4. The van der Waals surface area contributed by atoms with Gasteiger partial charge in [-0.25, -0.2) is 4.39 Å². The van der Waals surface area contributed by atoms with Gasteiger partial charge in [0.05, 0.1) is 5.69 Å². The summed E-state index contributed by atoms with van der Waals surface area (Å²) < 4.78 is 14.3. The fraction of sp³-hybridized carbons (Fsp3) is 0.118. The van der Waals surface area contributed by atoms with E-state index in [0.717, 1.165) is 11.1 Å². The maximum Gasteiger partial charge on any atom is 0.187 e. The van der Waals surface area contributed by atoms with Gasteiger partial charge in [0.15, 0.2) is 5.78 Å². The Kier molecular flexibility index (Phi) is 4.91. The lowest BCUT2D eigenvalue weighted by atomic mass is 10.0. The molecule has 0 aliphatic rings. The molecule has 0 saturated heterocycles. The van der Waals surface area contributed by atoms with Gasteiger partial charge in [-0.1, -0.05) is 28.1 Å². The molecule has 4 heteroatoms. The van der Waals surface area contributed by atoms with Crippen molar-refractivity contribution in [3.63, 3.8) is 0 Å². The van der Waals surface area contributed by atoms with E-state index in [-0.39, 0.29) is 11.6 Å². The van der Waals surface area contributed by atoms with E-state index in [9.17, 15) is 9.18 Å². The summed E-state index contributed by atoms with van der Waals surface area (Å²) in [6, 6.07) is 10.2. The molecule has 0 aliphatic heterocycles. The summed E-state index contributed by atoms with van der Waals surface area (Å²) in [5.74, 6) is -0.504. The molecule has 0 aliphatic carbocycles. The number of nitrogens with one attached hydrogen (secondary N) is 1. The molecule has 0 saturated carbocycles. The van der Waals surface area contributed by atoms with Crippen molar-refractivity contribution >= 4 is 27.4 Å². The van der Waals surface area contributed by atoms with Crippen LogP contribution in [-0.2, 0) is 0 Å². The van der Waals surface area contributed by atoms with Crippen LogP contribution in [0.4, 0.5) is 10.1 Å². The van der Waals surface area contributed by atoms with Crippen molar-refractivity contribution in [3.05, 3.63) is 75.7 Å². The fourth-order valence-electron chi connectivity index (χ4n) is 1.80. The first-order valence-corrected chi connectivity index (χ1v) is 7.26. The first-order valence-electron chi connectivity index (χ1n) is 6.47. The third kappa shape index (κ3) is 4.02. The lowest BCUT2D eigenvalue weighted by Crippen LogP contribution is -1.98. The highest BCUT2D eigenvalue weighted by molar-refractivity contribution is 9.10. The van der Waals surface area contributed by atoms with Crippen LogP contribution in [0.25, 0.3) is 0 Å². The van der Waals surface area contributed by atoms with Gasteiger partial charge in [-0.2, -0.15) is 0 Å². The minimum absolute atomic E-state index is 0.122. The molecule has 0 heterocycles. The molecule has 0 aromatic heterocycles. The van der Waals surface area contributed by atoms with Crippen LogP contribution < -0.4 is 5.32 Å². The minimum Gasteiger partial charge on any atom is -0.359 e. The number of allylic oxidation sites excluding steroid dienone is 1. The van der Waals surface area contributed by atoms with Crippen molar-refractivity contribution in [2.24, 2.45) is 0 Å². The van der Waals surface area contributed by atoms with Crippen LogP contribution in [0.2, 0.25) is 0 Å². The van der Waals surface area contributed by atoms with Gasteiger partial charge in [-0.05, 0) is 49.2 Å². The summed E-state index contributed by atoms with van der Waals surface area (Å²) >= 11 is 3.19. The van der Waals surface area contributed by atoms with Crippen LogP contribution in [0.1, 0.15) is 21.5 Å². The number of carbonyl (C=O) groups excluding carboxylic acids is 1.